The van der Waals surface area contributed by atoms with Gasteiger partial charge in [-0.05, 0) is 49.1 Å². The van der Waals surface area contributed by atoms with Crippen molar-refractivity contribution in [1.82, 2.24) is 9.97 Å². The van der Waals surface area contributed by atoms with Crippen molar-refractivity contribution < 1.29 is 23.1 Å². The molecule has 6 nitrogen and oxygen atoms in total. The number of rotatable bonds is 7. The van der Waals surface area contributed by atoms with E-state index >= 15 is 0 Å². The number of hydrogen-bond donors (Lipinski definition) is 2. The first-order valence-electron chi connectivity index (χ1n) is 11.3. The van der Waals surface area contributed by atoms with Gasteiger partial charge in [0.25, 0.3) is 0 Å². The van der Waals surface area contributed by atoms with Crippen molar-refractivity contribution in [2.75, 3.05) is 22.7 Å². The van der Waals surface area contributed by atoms with Gasteiger partial charge in [0.1, 0.15) is 16.7 Å². The molecule has 2 N–H and O–H groups in total. The van der Waals surface area contributed by atoms with E-state index in [1.165, 1.54) is 6.07 Å². The van der Waals surface area contributed by atoms with E-state index in [2.05, 4.69) is 14.7 Å². The number of aromatic nitrogens is 2. The third kappa shape index (κ3) is 5.87. The standard InChI is InChI=1S/C25H25F3N4O2S/c1-2-16-7-3-4-9-18(16)23-19(25(26,27)28)12-13-20(29-23)31-35-22-11-5-10-21(30-22)32-14-6-8-17(15-32)24(33)34/h3-5,7,9-13,17H,2,6,8,14-15H2,1H3,(H,29,31)(H,33,34). The number of halogens is 3. The lowest BCUT2D eigenvalue weighted by molar-refractivity contribution is -0.142. The fraction of sp³-hybridized carbons (Fsp3) is 0.320. The molecule has 0 aliphatic carbocycles. The number of carboxylic acids is 1. The number of anilines is 2. The average molecular weight is 503 g/mol. The van der Waals surface area contributed by atoms with E-state index in [0.29, 0.717) is 35.8 Å². The summed E-state index contributed by atoms with van der Waals surface area (Å²) in [5.74, 6) is -0.294. The van der Waals surface area contributed by atoms with E-state index < -0.39 is 23.6 Å². The molecule has 2 aromatic heterocycles. The van der Waals surface area contributed by atoms with Crippen molar-refractivity contribution in [2.24, 2.45) is 5.92 Å². The first-order chi connectivity index (χ1) is 16.8. The Balaban J connectivity index is 1.56. The molecule has 0 amide bonds. The number of piperidine rings is 1. The molecule has 0 spiro atoms. The molecule has 1 fully saturated rings. The highest BCUT2D eigenvalue weighted by Crippen LogP contribution is 2.38. The van der Waals surface area contributed by atoms with Crippen LogP contribution in [0.4, 0.5) is 24.8 Å². The zero-order valence-corrected chi connectivity index (χ0v) is 19.9. The van der Waals surface area contributed by atoms with Crippen LogP contribution >= 0.6 is 11.9 Å². The fourth-order valence-electron chi connectivity index (χ4n) is 4.14. The summed E-state index contributed by atoms with van der Waals surface area (Å²) in [7, 11) is 0. The van der Waals surface area contributed by atoms with Crippen LogP contribution in [0.2, 0.25) is 0 Å². The molecule has 0 bridgehead atoms. The predicted molar refractivity (Wildman–Crippen MR) is 130 cm³/mol. The minimum atomic E-state index is -4.53. The van der Waals surface area contributed by atoms with Crippen molar-refractivity contribution >= 4 is 29.6 Å². The third-order valence-corrected chi connectivity index (χ3v) is 6.67. The Morgan fingerprint density at radius 1 is 1.14 bits per heavy atom. The molecule has 1 aliphatic heterocycles. The van der Waals surface area contributed by atoms with Crippen molar-refractivity contribution in [3.8, 4) is 11.3 Å². The van der Waals surface area contributed by atoms with Crippen LogP contribution in [0.15, 0.2) is 59.6 Å². The summed E-state index contributed by atoms with van der Waals surface area (Å²) in [5, 5.41) is 9.93. The fourth-order valence-corrected chi connectivity index (χ4v) is 4.75. The highest BCUT2D eigenvalue weighted by atomic mass is 32.2. The maximum absolute atomic E-state index is 13.7. The molecule has 1 unspecified atom stereocenters. The Bertz CT molecular complexity index is 1210. The normalized spacial score (nSPS) is 16.2. The number of benzene rings is 1. The van der Waals surface area contributed by atoms with Crippen LogP contribution in [0.1, 0.15) is 30.9 Å². The van der Waals surface area contributed by atoms with Gasteiger partial charge in [0.05, 0.1) is 17.2 Å². The summed E-state index contributed by atoms with van der Waals surface area (Å²) in [6.07, 6.45) is -2.54. The summed E-state index contributed by atoms with van der Waals surface area (Å²) in [6.45, 7) is 3.01. The molecule has 4 rings (SSSR count). The zero-order valence-electron chi connectivity index (χ0n) is 19.0. The van der Waals surface area contributed by atoms with Gasteiger partial charge in [-0.1, -0.05) is 37.3 Å². The average Bonchev–Trinajstić information content (AvgIpc) is 2.87. The third-order valence-electron chi connectivity index (χ3n) is 5.92. The van der Waals surface area contributed by atoms with Crippen molar-refractivity contribution in [2.45, 2.75) is 37.4 Å². The van der Waals surface area contributed by atoms with Gasteiger partial charge in [-0.2, -0.15) is 13.2 Å². The Hall–Kier alpha value is -3.27. The van der Waals surface area contributed by atoms with Crippen molar-refractivity contribution in [1.29, 1.82) is 0 Å². The molecule has 1 aromatic carbocycles. The number of alkyl halides is 3. The second-order valence-corrected chi connectivity index (χ2v) is 9.09. The molecule has 1 aliphatic rings. The summed E-state index contributed by atoms with van der Waals surface area (Å²) in [5.41, 5.74) is 0.336. The summed E-state index contributed by atoms with van der Waals surface area (Å²) >= 11 is 1.14. The number of aliphatic carboxylic acids is 1. The minimum absolute atomic E-state index is 0.115. The first-order valence-corrected chi connectivity index (χ1v) is 12.1. The number of nitrogens with zero attached hydrogens (tertiary/aromatic N) is 3. The second-order valence-electron chi connectivity index (χ2n) is 8.26. The lowest BCUT2D eigenvalue weighted by Crippen LogP contribution is -2.39. The minimum Gasteiger partial charge on any atom is -0.481 e. The van der Waals surface area contributed by atoms with Gasteiger partial charge >= 0.3 is 12.1 Å². The van der Waals surface area contributed by atoms with Gasteiger partial charge in [-0.3, -0.25) is 4.79 Å². The number of aryl methyl sites for hydroxylation is 1. The van der Waals surface area contributed by atoms with E-state index in [4.69, 9.17) is 0 Å². The van der Waals surface area contributed by atoms with Crippen LogP contribution in [0.5, 0.6) is 0 Å². The van der Waals surface area contributed by atoms with E-state index in [0.717, 1.165) is 36.5 Å². The van der Waals surface area contributed by atoms with E-state index in [-0.39, 0.29) is 11.5 Å². The van der Waals surface area contributed by atoms with Crippen LogP contribution < -0.4 is 9.62 Å². The zero-order chi connectivity index (χ0) is 25.0. The highest BCUT2D eigenvalue weighted by molar-refractivity contribution is 8.00. The Morgan fingerprint density at radius 3 is 2.69 bits per heavy atom. The Labute approximate surface area is 205 Å². The molecule has 3 heterocycles. The number of pyridine rings is 2. The van der Waals surface area contributed by atoms with Crippen molar-refractivity contribution in [3.63, 3.8) is 0 Å². The van der Waals surface area contributed by atoms with Crippen molar-refractivity contribution in [3.05, 3.63) is 65.7 Å². The van der Waals surface area contributed by atoms with Gasteiger partial charge in [-0.15, -0.1) is 0 Å². The maximum atomic E-state index is 13.7. The predicted octanol–water partition coefficient (Wildman–Crippen LogP) is 6.15. The highest BCUT2D eigenvalue weighted by Gasteiger charge is 2.35. The second kappa shape index (κ2) is 10.6. The first kappa shape index (κ1) is 24.8. The number of carbonyl (C=O) groups is 1. The summed E-state index contributed by atoms with van der Waals surface area (Å²) in [6, 6.07) is 14.7. The van der Waals surface area contributed by atoms with E-state index in [9.17, 15) is 23.1 Å². The molecular weight excluding hydrogens is 477 g/mol. The SMILES string of the molecule is CCc1ccccc1-c1nc(NSc2cccc(N3CCCC(C(=O)O)C3)n2)ccc1C(F)(F)F. The van der Waals surface area contributed by atoms with Crippen LogP contribution in [0.3, 0.4) is 0 Å². The van der Waals surface area contributed by atoms with Gasteiger partial charge in [0, 0.05) is 30.6 Å². The number of nitrogens with one attached hydrogen (secondary N) is 1. The van der Waals surface area contributed by atoms with E-state index in [1.807, 2.05) is 24.0 Å². The van der Waals surface area contributed by atoms with Crippen LogP contribution in [0, 0.1) is 5.92 Å². The molecule has 3 aromatic rings. The number of hydrogen-bond acceptors (Lipinski definition) is 6. The number of carboxylic acid groups (broad SMARTS) is 1. The van der Waals surface area contributed by atoms with Crippen LogP contribution in [-0.4, -0.2) is 34.1 Å². The lowest BCUT2D eigenvalue weighted by Gasteiger charge is -2.31. The Morgan fingerprint density at radius 2 is 1.94 bits per heavy atom. The molecule has 10 heteroatoms. The topological polar surface area (TPSA) is 78.4 Å². The largest absolute Gasteiger partial charge is 0.481 e. The molecule has 35 heavy (non-hydrogen) atoms. The lowest BCUT2D eigenvalue weighted by atomic mass is 9.98. The molecule has 0 radical (unpaired) electrons. The smallest absolute Gasteiger partial charge is 0.418 e. The Kier molecular flexibility index (Phi) is 7.49. The van der Waals surface area contributed by atoms with Gasteiger partial charge in [0.15, 0.2) is 0 Å². The molecule has 1 atom stereocenters. The summed E-state index contributed by atoms with van der Waals surface area (Å²) < 4.78 is 44.2. The van der Waals surface area contributed by atoms with Gasteiger partial charge in [-0.25, -0.2) is 9.97 Å². The van der Waals surface area contributed by atoms with Crippen LogP contribution in [0.25, 0.3) is 11.3 Å². The van der Waals surface area contributed by atoms with Gasteiger partial charge in [0.2, 0.25) is 0 Å². The quantitative estimate of drug-likeness (QED) is 0.376. The summed E-state index contributed by atoms with van der Waals surface area (Å²) in [4.78, 5) is 22.2. The monoisotopic (exact) mass is 502 g/mol. The molecule has 0 saturated carbocycles. The van der Waals surface area contributed by atoms with Crippen LogP contribution in [-0.2, 0) is 17.4 Å². The van der Waals surface area contributed by atoms with Gasteiger partial charge < -0.3 is 14.7 Å². The molecule has 1 saturated heterocycles. The molecular formula is C25H25F3N4O2S. The van der Waals surface area contributed by atoms with E-state index in [1.54, 1.807) is 30.3 Å². The molecule has 184 valence electrons. The maximum Gasteiger partial charge on any atom is 0.418 e.